The first-order valence-corrected chi connectivity index (χ1v) is 6.78. The molecule has 108 valence electrons. The Hall–Kier alpha value is -2.56. The van der Waals surface area contributed by atoms with Gasteiger partial charge in [0.05, 0.1) is 17.8 Å². The molecule has 1 aromatic heterocycles. The first-order chi connectivity index (χ1) is 10.1. The van der Waals surface area contributed by atoms with Crippen LogP contribution >= 0.6 is 0 Å². The number of hydrogen-bond acceptors (Lipinski definition) is 3. The summed E-state index contributed by atoms with van der Waals surface area (Å²) in [4.78, 5) is 4.33. The highest BCUT2D eigenvalue weighted by atomic mass is 19.1. The highest BCUT2D eigenvalue weighted by molar-refractivity contribution is 5.86. The summed E-state index contributed by atoms with van der Waals surface area (Å²) in [6.07, 6.45) is 0. The number of aromatic nitrogens is 2. The molecule has 4 nitrogen and oxygen atoms in total. The average Bonchev–Trinajstić information content (AvgIpc) is 2.79. The molecule has 0 bridgehead atoms. The lowest BCUT2D eigenvalue weighted by Gasteiger charge is -2.09. The van der Waals surface area contributed by atoms with Gasteiger partial charge in [0.25, 0.3) is 0 Å². The molecule has 0 spiro atoms. The van der Waals surface area contributed by atoms with Crippen LogP contribution in [-0.4, -0.2) is 16.2 Å². The Balaban J connectivity index is 2.30. The molecular formula is C16H16FN3O. The van der Waals surface area contributed by atoms with Crippen molar-refractivity contribution in [2.75, 3.05) is 12.3 Å². The largest absolute Gasteiger partial charge is 0.492 e. The molecule has 21 heavy (non-hydrogen) atoms. The van der Waals surface area contributed by atoms with Gasteiger partial charge in [-0.1, -0.05) is 12.1 Å². The number of fused-ring (bicyclic) bond motifs is 1. The maximum Gasteiger partial charge on any atom is 0.206 e. The van der Waals surface area contributed by atoms with Gasteiger partial charge in [-0.05, 0) is 43.7 Å². The molecule has 0 amide bonds. The summed E-state index contributed by atoms with van der Waals surface area (Å²) in [6, 6.07) is 10.4. The van der Waals surface area contributed by atoms with Gasteiger partial charge in [0.15, 0.2) is 0 Å². The number of para-hydroxylation sites is 1. The number of aryl methyl sites for hydroxylation is 1. The quantitative estimate of drug-likeness (QED) is 0.802. The van der Waals surface area contributed by atoms with Gasteiger partial charge in [0.1, 0.15) is 17.1 Å². The van der Waals surface area contributed by atoms with Crippen LogP contribution < -0.4 is 10.5 Å². The number of nitrogens with two attached hydrogens (primary N) is 1. The predicted octanol–water partition coefficient (Wildman–Crippen LogP) is 3.45. The van der Waals surface area contributed by atoms with Gasteiger partial charge < -0.3 is 10.5 Å². The third kappa shape index (κ3) is 2.20. The summed E-state index contributed by atoms with van der Waals surface area (Å²) in [6.45, 7) is 4.34. The molecule has 0 saturated heterocycles. The highest BCUT2D eigenvalue weighted by Crippen LogP contribution is 2.30. The fourth-order valence-corrected chi connectivity index (χ4v) is 2.41. The second-order valence-corrected chi connectivity index (χ2v) is 4.82. The molecule has 0 aliphatic rings. The highest BCUT2D eigenvalue weighted by Gasteiger charge is 2.16. The molecule has 0 saturated carbocycles. The molecule has 0 atom stereocenters. The Morgan fingerprint density at radius 2 is 2.10 bits per heavy atom. The van der Waals surface area contributed by atoms with E-state index in [2.05, 4.69) is 4.98 Å². The second-order valence-electron chi connectivity index (χ2n) is 4.82. The Labute approximate surface area is 122 Å². The van der Waals surface area contributed by atoms with Crippen LogP contribution in [0.25, 0.3) is 16.7 Å². The van der Waals surface area contributed by atoms with Crippen molar-refractivity contribution in [3.63, 3.8) is 0 Å². The van der Waals surface area contributed by atoms with Crippen LogP contribution in [0, 0.1) is 12.7 Å². The van der Waals surface area contributed by atoms with Crippen LogP contribution in [0.5, 0.6) is 5.75 Å². The van der Waals surface area contributed by atoms with Crippen molar-refractivity contribution in [3.05, 3.63) is 47.8 Å². The van der Waals surface area contributed by atoms with Gasteiger partial charge in [0.2, 0.25) is 5.95 Å². The lowest BCUT2D eigenvalue weighted by Crippen LogP contribution is -2.03. The molecule has 3 rings (SSSR count). The first-order valence-electron chi connectivity index (χ1n) is 6.78. The van der Waals surface area contributed by atoms with E-state index in [-0.39, 0.29) is 11.8 Å². The molecule has 0 radical (unpaired) electrons. The number of halogens is 1. The molecular weight excluding hydrogens is 269 g/mol. The van der Waals surface area contributed by atoms with Crippen LogP contribution in [0.1, 0.15) is 12.5 Å². The SMILES string of the molecule is CCOc1cccc2c1nc(N)n2-c1cc(C)ccc1F. The van der Waals surface area contributed by atoms with Crippen LogP contribution in [0.2, 0.25) is 0 Å². The summed E-state index contributed by atoms with van der Waals surface area (Å²) < 4.78 is 21.3. The van der Waals surface area contributed by atoms with Crippen molar-refractivity contribution in [2.24, 2.45) is 0 Å². The zero-order chi connectivity index (χ0) is 15.0. The van der Waals surface area contributed by atoms with Crippen LogP contribution in [0.4, 0.5) is 10.3 Å². The van der Waals surface area contributed by atoms with Crippen LogP contribution in [0.3, 0.4) is 0 Å². The van der Waals surface area contributed by atoms with Gasteiger partial charge >= 0.3 is 0 Å². The van der Waals surface area contributed by atoms with Gasteiger partial charge in [-0.3, -0.25) is 4.57 Å². The van der Waals surface area contributed by atoms with Gasteiger partial charge in [0, 0.05) is 0 Å². The monoisotopic (exact) mass is 285 g/mol. The average molecular weight is 285 g/mol. The van der Waals surface area contributed by atoms with E-state index in [1.807, 2.05) is 32.0 Å². The molecule has 0 aliphatic heterocycles. The number of rotatable bonds is 3. The lowest BCUT2D eigenvalue weighted by atomic mass is 10.2. The van der Waals surface area contributed by atoms with Crippen molar-refractivity contribution in [1.29, 1.82) is 0 Å². The number of ether oxygens (including phenoxy) is 1. The maximum absolute atomic E-state index is 14.2. The van der Waals surface area contributed by atoms with E-state index >= 15 is 0 Å². The summed E-state index contributed by atoms with van der Waals surface area (Å²) >= 11 is 0. The minimum atomic E-state index is -0.339. The van der Waals surface area contributed by atoms with E-state index in [4.69, 9.17) is 10.5 Å². The number of nitrogen functional groups attached to an aromatic ring is 1. The minimum Gasteiger partial charge on any atom is -0.492 e. The number of hydrogen-bond donors (Lipinski definition) is 1. The topological polar surface area (TPSA) is 53.1 Å². The molecule has 3 aromatic rings. The molecule has 5 heteroatoms. The zero-order valence-corrected chi connectivity index (χ0v) is 11.9. The molecule has 0 fully saturated rings. The van der Waals surface area contributed by atoms with Crippen molar-refractivity contribution in [3.8, 4) is 11.4 Å². The summed E-state index contributed by atoms with van der Waals surface area (Å²) in [7, 11) is 0. The molecule has 0 aliphatic carbocycles. The third-order valence-electron chi connectivity index (χ3n) is 3.32. The predicted molar refractivity (Wildman–Crippen MR) is 81.3 cm³/mol. The summed E-state index contributed by atoms with van der Waals surface area (Å²) in [5.74, 6) is 0.545. The van der Waals surface area contributed by atoms with E-state index < -0.39 is 0 Å². The van der Waals surface area contributed by atoms with E-state index in [0.717, 1.165) is 11.1 Å². The van der Waals surface area contributed by atoms with Gasteiger partial charge in [-0.2, -0.15) is 0 Å². The number of benzene rings is 2. The molecule has 2 N–H and O–H groups in total. The van der Waals surface area contributed by atoms with E-state index in [1.165, 1.54) is 6.07 Å². The number of imidazole rings is 1. The summed E-state index contributed by atoms with van der Waals surface area (Å²) in [5, 5.41) is 0. The maximum atomic E-state index is 14.2. The standard InChI is InChI=1S/C16H16FN3O/c1-3-21-14-6-4-5-12-15(14)19-16(18)20(12)13-9-10(2)7-8-11(13)17/h4-9H,3H2,1-2H3,(H2,18,19). The third-order valence-corrected chi connectivity index (χ3v) is 3.32. The molecule has 0 unspecified atom stereocenters. The number of anilines is 1. The van der Waals surface area contributed by atoms with E-state index in [9.17, 15) is 4.39 Å². The fraction of sp³-hybridized carbons (Fsp3) is 0.188. The van der Waals surface area contributed by atoms with E-state index in [0.29, 0.717) is 23.6 Å². The van der Waals surface area contributed by atoms with E-state index in [1.54, 1.807) is 16.7 Å². The van der Waals surface area contributed by atoms with Gasteiger partial charge in [-0.15, -0.1) is 0 Å². The molecule has 2 aromatic carbocycles. The van der Waals surface area contributed by atoms with Crippen LogP contribution in [-0.2, 0) is 0 Å². The normalized spacial score (nSPS) is 11.0. The van der Waals surface area contributed by atoms with Crippen molar-refractivity contribution < 1.29 is 9.13 Å². The molecule has 1 heterocycles. The fourth-order valence-electron chi connectivity index (χ4n) is 2.41. The Morgan fingerprint density at radius 3 is 2.86 bits per heavy atom. The smallest absolute Gasteiger partial charge is 0.206 e. The lowest BCUT2D eigenvalue weighted by molar-refractivity contribution is 0.344. The van der Waals surface area contributed by atoms with Crippen molar-refractivity contribution in [1.82, 2.24) is 9.55 Å². The Bertz CT molecular complexity index is 811. The first kappa shape index (κ1) is 13.4. The minimum absolute atomic E-state index is 0.238. The Kier molecular flexibility index (Phi) is 3.25. The Morgan fingerprint density at radius 1 is 1.29 bits per heavy atom. The number of nitrogens with zero attached hydrogens (tertiary/aromatic N) is 2. The second kappa shape index (κ2) is 5.09. The summed E-state index contributed by atoms with van der Waals surface area (Å²) in [5.41, 5.74) is 8.71. The van der Waals surface area contributed by atoms with Gasteiger partial charge in [-0.25, -0.2) is 9.37 Å². The zero-order valence-electron chi connectivity index (χ0n) is 11.9. The van der Waals surface area contributed by atoms with Crippen LogP contribution in [0.15, 0.2) is 36.4 Å². The van der Waals surface area contributed by atoms with Crippen molar-refractivity contribution >= 4 is 17.0 Å². The van der Waals surface area contributed by atoms with Crippen molar-refractivity contribution in [2.45, 2.75) is 13.8 Å².